The van der Waals surface area contributed by atoms with Crippen molar-refractivity contribution in [2.75, 3.05) is 0 Å². The van der Waals surface area contributed by atoms with Crippen LogP contribution in [-0.2, 0) is 10.8 Å². The van der Waals surface area contributed by atoms with Crippen LogP contribution in [0, 0.1) is 23.7 Å². The Hall–Kier alpha value is -5.46. The molecule has 4 fully saturated rings. The van der Waals surface area contributed by atoms with Crippen molar-refractivity contribution < 1.29 is 0 Å². The second-order valence-electron chi connectivity index (χ2n) is 18.8. The molecule has 7 aliphatic rings. The van der Waals surface area contributed by atoms with Gasteiger partial charge in [-0.2, -0.15) is 0 Å². The molecule has 0 aliphatic heterocycles. The van der Waals surface area contributed by atoms with Crippen molar-refractivity contribution in [1.29, 1.82) is 0 Å². The van der Waals surface area contributed by atoms with E-state index in [-0.39, 0.29) is 16.7 Å². The van der Waals surface area contributed by atoms with Crippen molar-refractivity contribution in [3.63, 3.8) is 0 Å². The Morgan fingerprint density at radius 1 is 0.393 bits per heavy atom. The van der Waals surface area contributed by atoms with Crippen molar-refractivity contribution in [3.8, 4) is 55.6 Å². The predicted octanol–water partition coefficient (Wildman–Crippen LogP) is 14.2. The summed E-state index contributed by atoms with van der Waals surface area (Å²) in [4.78, 5) is 0. The normalized spacial score (nSPS) is 26.1. The van der Waals surface area contributed by atoms with E-state index < -0.39 is 0 Å². The zero-order valence-electron chi connectivity index (χ0n) is 32.4. The van der Waals surface area contributed by atoms with Crippen LogP contribution in [0.1, 0.15) is 90.8 Å². The molecule has 0 radical (unpaired) electrons. The van der Waals surface area contributed by atoms with Crippen molar-refractivity contribution in [3.05, 3.63) is 191 Å². The fraction of sp³-hybridized carbons (Fsp3) is 0.250. The van der Waals surface area contributed by atoms with E-state index in [1.165, 1.54) is 110 Å². The fourth-order valence-electron chi connectivity index (χ4n) is 14.0. The summed E-state index contributed by atoms with van der Waals surface area (Å²) >= 11 is 0. The first-order chi connectivity index (χ1) is 27.5. The maximum Gasteiger partial charge on any atom is 0.0352 e. The highest BCUT2D eigenvalue weighted by molar-refractivity contribution is 5.99. The summed E-state index contributed by atoms with van der Waals surface area (Å²) in [6.45, 7) is 4.93. The summed E-state index contributed by atoms with van der Waals surface area (Å²) in [6, 6.07) is 58.6. The van der Waals surface area contributed by atoms with E-state index in [1.807, 2.05) is 0 Å². The summed E-state index contributed by atoms with van der Waals surface area (Å²) in [5.41, 5.74) is 24.6. The van der Waals surface area contributed by atoms with Crippen LogP contribution in [0.2, 0.25) is 0 Å². The van der Waals surface area contributed by atoms with Gasteiger partial charge in [-0.3, -0.25) is 0 Å². The SMILES string of the molecule is CC1(C)c2cc(-c3ccc(-c4cccc5c4-c4ccccc4C5c4ccccc4)cc3)ccc2-c2c1ccc1c2-c2ccccc2C12C1CC3CC(C1)CC2C3. The van der Waals surface area contributed by atoms with Gasteiger partial charge in [0.15, 0.2) is 0 Å². The molecule has 270 valence electrons. The van der Waals surface area contributed by atoms with Crippen molar-refractivity contribution in [2.24, 2.45) is 23.7 Å². The fourth-order valence-corrected chi connectivity index (χ4v) is 14.0. The third-order valence-corrected chi connectivity index (χ3v) is 16.0. The van der Waals surface area contributed by atoms with Gasteiger partial charge in [0.2, 0.25) is 0 Å². The second-order valence-corrected chi connectivity index (χ2v) is 18.8. The van der Waals surface area contributed by atoms with Gasteiger partial charge in [-0.15, -0.1) is 0 Å². The van der Waals surface area contributed by atoms with E-state index in [0.717, 1.165) is 23.7 Å². The van der Waals surface area contributed by atoms with Crippen LogP contribution in [0.25, 0.3) is 55.6 Å². The zero-order chi connectivity index (χ0) is 36.9. The quantitative estimate of drug-likeness (QED) is 0.171. The Morgan fingerprint density at radius 3 is 1.77 bits per heavy atom. The molecule has 7 aliphatic carbocycles. The lowest BCUT2D eigenvalue weighted by atomic mass is 9.43. The molecule has 1 atom stereocenters. The van der Waals surface area contributed by atoms with Crippen molar-refractivity contribution >= 4 is 0 Å². The number of fused-ring (bicyclic) bond motifs is 10. The van der Waals surface area contributed by atoms with Crippen LogP contribution in [0.3, 0.4) is 0 Å². The summed E-state index contributed by atoms with van der Waals surface area (Å²) < 4.78 is 0. The van der Waals surface area contributed by atoms with Gasteiger partial charge in [-0.05, 0) is 156 Å². The molecule has 0 aromatic heterocycles. The Kier molecular flexibility index (Phi) is 6.29. The highest BCUT2D eigenvalue weighted by Gasteiger charge is 2.62. The maximum absolute atomic E-state index is 2.62. The molecule has 4 saturated carbocycles. The standard InChI is InChI=1S/C56H46/c1-55(2)48-25-26-49-54(44-15-8-9-18-47(44)56(49)39-28-33-27-34(30-39)31-40(56)29-33)53(48)45-24-23-38(32-50(45)55)35-19-21-36(22-20-35)41-16-10-17-46-51(37-11-4-3-5-12-37)42-13-6-7-14-43(42)52(41)46/h3-26,32-34,39-40,51H,27-31H2,1-2H3. The Morgan fingerprint density at radius 2 is 0.982 bits per heavy atom. The van der Waals surface area contributed by atoms with Crippen LogP contribution >= 0.6 is 0 Å². The molecule has 1 unspecified atom stereocenters. The zero-order valence-corrected chi connectivity index (χ0v) is 32.4. The summed E-state index contributed by atoms with van der Waals surface area (Å²) in [6.07, 6.45) is 7.20. The number of hydrogen-bond acceptors (Lipinski definition) is 0. The molecule has 7 aromatic rings. The molecule has 0 heteroatoms. The van der Waals surface area contributed by atoms with Gasteiger partial charge >= 0.3 is 0 Å². The lowest BCUT2D eigenvalue weighted by Gasteiger charge is -2.61. The molecule has 14 rings (SSSR count). The van der Waals surface area contributed by atoms with Crippen LogP contribution < -0.4 is 0 Å². The average molecular weight is 719 g/mol. The first-order valence-corrected chi connectivity index (χ1v) is 21.3. The molecule has 0 heterocycles. The molecule has 4 bridgehead atoms. The largest absolute Gasteiger partial charge is 0.0622 e. The van der Waals surface area contributed by atoms with E-state index in [9.17, 15) is 0 Å². The van der Waals surface area contributed by atoms with Crippen LogP contribution in [0.4, 0.5) is 0 Å². The highest BCUT2D eigenvalue weighted by atomic mass is 14.7. The first kappa shape index (κ1) is 31.7. The minimum atomic E-state index is -0.0717. The highest BCUT2D eigenvalue weighted by Crippen LogP contribution is 2.71. The van der Waals surface area contributed by atoms with E-state index in [2.05, 4.69) is 166 Å². The van der Waals surface area contributed by atoms with Gasteiger partial charge < -0.3 is 0 Å². The van der Waals surface area contributed by atoms with Gasteiger partial charge in [-0.25, -0.2) is 0 Å². The monoisotopic (exact) mass is 718 g/mol. The molecule has 0 N–H and O–H groups in total. The number of rotatable bonds is 3. The topological polar surface area (TPSA) is 0 Å². The van der Waals surface area contributed by atoms with Gasteiger partial charge in [0, 0.05) is 16.7 Å². The molecule has 1 spiro atoms. The van der Waals surface area contributed by atoms with E-state index in [0.29, 0.717) is 0 Å². The average Bonchev–Trinajstić information content (AvgIpc) is 3.81. The minimum absolute atomic E-state index is 0.0717. The lowest BCUT2D eigenvalue weighted by molar-refractivity contribution is -0.0399. The van der Waals surface area contributed by atoms with E-state index >= 15 is 0 Å². The van der Waals surface area contributed by atoms with Crippen LogP contribution in [0.15, 0.2) is 152 Å². The van der Waals surface area contributed by atoms with Crippen molar-refractivity contribution in [1.82, 2.24) is 0 Å². The summed E-state index contributed by atoms with van der Waals surface area (Å²) in [5, 5.41) is 0. The predicted molar refractivity (Wildman–Crippen MR) is 231 cm³/mol. The molecule has 0 nitrogen and oxygen atoms in total. The summed E-state index contributed by atoms with van der Waals surface area (Å²) in [7, 11) is 0. The molecule has 7 aromatic carbocycles. The lowest BCUT2D eigenvalue weighted by Crippen LogP contribution is -2.55. The molecular weight excluding hydrogens is 673 g/mol. The molecule has 56 heavy (non-hydrogen) atoms. The van der Waals surface area contributed by atoms with E-state index in [4.69, 9.17) is 0 Å². The van der Waals surface area contributed by atoms with Crippen LogP contribution in [0.5, 0.6) is 0 Å². The Labute approximate surface area is 331 Å². The number of benzene rings is 7. The maximum atomic E-state index is 2.62. The third kappa shape index (κ3) is 3.96. The van der Waals surface area contributed by atoms with Gasteiger partial charge in [0.1, 0.15) is 0 Å². The second kappa shape index (κ2) is 11.1. The van der Waals surface area contributed by atoms with E-state index in [1.54, 1.807) is 16.7 Å². The van der Waals surface area contributed by atoms with Crippen LogP contribution in [-0.4, -0.2) is 0 Å². The molecule has 0 amide bonds. The van der Waals surface area contributed by atoms with Gasteiger partial charge in [0.05, 0.1) is 0 Å². The number of hydrogen-bond donors (Lipinski definition) is 0. The van der Waals surface area contributed by atoms with Gasteiger partial charge in [-0.1, -0.05) is 159 Å². The van der Waals surface area contributed by atoms with Gasteiger partial charge in [0.25, 0.3) is 0 Å². The van der Waals surface area contributed by atoms with Crippen molar-refractivity contribution in [2.45, 2.75) is 62.7 Å². The molecular formula is C56H46. The Bertz CT molecular complexity index is 2750. The summed E-state index contributed by atoms with van der Waals surface area (Å²) in [5.74, 6) is 3.75. The Balaban J connectivity index is 0.904. The third-order valence-electron chi connectivity index (χ3n) is 16.0. The minimum Gasteiger partial charge on any atom is -0.0622 e. The first-order valence-electron chi connectivity index (χ1n) is 21.3. The molecule has 0 saturated heterocycles. The smallest absolute Gasteiger partial charge is 0.0352 e.